The number of hydrogen-bond donors (Lipinski definition) is 2. The zero-order chi connectivity index (χ0) is 27.4. The lowest BCUT2D eigenvalue weighted by Gasteiger charge is -2.15. The predicted molar refractivity (Wildman–Crippen MR) is 157 cm³/mol. The lowest BCUT2D eigenvalue weighted by atomic mass is 10.2. The number of hydrogen-bond acceptors (Lipinski definition) is 6. The molecule has 39 heavy (non-hydrogen) atoms. The Hall–Kier alpha value is -4.34. The largest absolute Gasteiger partial charge is 0.497 e. The van der Waals surface area contributed by atoms with Crippen molar-refractivity contribution in [3.05, 3.63) is 124 Å². The highest BCUT2D eigenvalue weighted by Gasteiger charge is 2.40. The lowest BCUT2D eigenvalue weighted by Crippen LogP contribution is -2.32. The summed E-state index contributed by atoms with van der Waals surface area (Å²) >= 11 is 4.60. The van der Waals surface area contributed by atoms with Gasteiger partial charge in [-0.3, -0.25) is 14.4 Å². The van der Waals surface area contributed by atoms with Gasteiger partial charge < -0.3 is 15.4 Å². The zero-order valence-corrected chi connectivity index (χ0v) is 23.1. The van der Waals surface area contributed by atoms with Gasteiger partial charge in [-0.25, -0.2) is 4.90 Å². The molecule has 0 bridgehead atoms. The predicted octanol–water partition coefficient (Wildman–Crippen LogP) is 6.70. The molecule has 7 nitrogen and oxygen atoms in total. The second-order valence-corrected chi connectivity index (χ2v) is 10.4. The Kier molecular flexibility index (Phi) is 7.81. The van der Waals surface area contributed by atoms with Gasteiger partial charge in [-0.2, -0.15) is 0 Å². The number of halogens is 1. The summed E-state index contributed by atoms with van der Waals surface area (Å²) in [6, 6.07) is 30.1. The van der Waals surface area contributed by atoms with E-state index in [1.54, 1.807) is 79.9 Å². The molecule has 3 amide bonds. The van der Waals surface area contributed by atoms with Crippen molar-refractivity contribution in [1.29, 1.82) is 0 Å². The summed E-state index contributed by atoms with van der Waals surface area (Å²) < 4.78 is 6.09. The lowest BCUT2D eigenvalue weighted by molar-refractivity contribution is -0.120. The van der Waals surface area contributed by atoms with Gasteiger partial charge in [0.1, 0.15) is 16.4 Å². The third kappa shape index (κ3) is 5.89. The van der Waals surface area contributed by atoms with Gasteiger partial charge in [-0.15, -0.1) is 0 Å². The Morgan fingerprint density at radius 2 is 1.51 bits per heavy atom. The van der Waals surface area contributed by atoms with E-state index in [1.165, 1.54) is 16.7 Å². The average molecular weight is 600 g/mol. The van der Waals surface area contributed by atoms with Gasteiger partial charge >= 0.3 is 0 Å². The molecular weight excluding hydrogens is 578 g/mol. The molecule has 194 valence electrons. The number of carbonyl (C=O) groups excluding carboxylic acids is 3. The number of methoxy groups -OCH3 is 1. The first kappa shape index (κ1) is 26.3. The molecule has 0 radical (unpaired) electrons. The van der Waals surface area contributed by atoms with E-state index in [0.717, 1.165) is 9.37 Å². The highest BCUT2D eigenvalue weighted by molar-refractivity contribution is 9.10. The molecule has 1 aliphatic heterocycles. The number of amides is 3. The second kappa shape index (κ2) is 11.6. The summed E-state index contributed by atoms with van der Waals surface area (Å²) in [6.07, 6.45) is 0. The van der Waals surface area contributed by atoms with Crippen molar-refractivity contribution in [1.82, 2.24) is 0 Å². The van der Waals surface area contributed by atoms with Gasteiger partial charge in [-0.05, 0) is 78.9 Å². The Labute approximate surface area is 238 Å². The van der Waals surface area contributed by atoms with Crippen LogP contribution in [-0.2, 0) is 9.59 Å². The summed E-state index contributed by atoms with van der Waals surface area (Å²) in [4.78, 5) is 41.8. The summed E-state index contributed by atoms with van der Waals surface area (Å²) in [5.74, 6) is -0.520. The number of thioether (sulfide) groups is 1. The van der Waals surface area contributed by atoms with Crippen molar-refractivity contribution >= 4 is 62.5 Å². The number of nitrogens with zero attached hydrogens (tertiary/aromatic N) is 1. The number of nitrogens with one attached hydrogen (secondary N) is 2. The van der Waals surface area contributed by atoms with Crippen LogP contribution >= 0.6 is 27.7 Å². The van der Waals surface area contributed by atoms with Crippen LogP contribution < -0.4 is 20.3 Å². The normalized spacial score (nSPS) is 13.0. The highest BCUT2D eigenvalue weighted by atomic mass is 79.9. The first-order valence-corrected chi connectivity index (χ1v) is 13.5. The van der Waals surface area contributed by atoms with Gasteiger partial charge in [0.2, 0.25) is 0 Å². The molecule has 0 unspecified atom stereocenters. The zero-order valence-electron chi connectivity index (χ0n) is 20.7. The molecule has 2 N–H and O–H groups in total. The smallest absolute Gasteiger partial charge is 0.283 e. The van der Waals surface area contributed by atoms with E-state index < -0.39 is 11.8 Å². The maximum Gasteiger partial charge on any atom is 0.283 e. The molecular formula is C30H22BrN3O4S. The summed E-state index contributed by atoms with van der Waals surface area (Å²) in [5.41, 5.74) is 2.44. The molecule has 1 heterocycles. The van der Waals surface area contributed by atoms with Crippen LogP contribution in [0.5, 0.6) is 5.75 Å². The fourth-order valence-corrected chi connectivity index (χ4v) is 5.09. The fraction of sp³-hybridized carbons (Fsp3) is 0.0333. The quantitative estimate of drug-likeness (QED) is 0.219. The van der Waals surface area contributed by atoms with E-state index >= 15 is 0 Å². The van der Waals surface area contributed by atoms with Gasteiger partial charge in [-0.1, -0.05) is 52.0 Å². The molecule has 0 aliphatic carbocycles. The molecule has 0 aromatic heterocycles. The highest BCUT2D eigenvalue weighted by Crippen LogP contribution is 2.38. The number of benzene rings is 4. The third-order valence-electron chi connectivity index (χ3n) is 5.83. The summed E-state index contributed by atoms with van der Waals surface area (Å²) in [5, 5.41) is 6.00. The Morgan fingerprint density at radius 1 is 0.821 bits per heavy atom. The number of ether oxygens (including phenoxy) is 1. The number of rotatable bonds is 8. The van der Waals surface area contributed by atoms with E-state index in [-0.39, 0.29) is 16.5 Å². The molecule has 0 fully saturated rings. The second-order valence-electron chi connectivity index (χ2n) is 8.43. The van der Waals surface area contributed by atoms with Crippen LogP contribution in [0.3, 0.4) is 0 Å². The van der Waals surface area contributed by atoms with Crippen LogP contribution in [0.4, 0.5) is 17.1 Å². The van der Waals surface area contributed by atoms with Crippen LogP contribution in [0.2, 0.25) is 0 Å². The number of anilines is 3. The number of imide groups is 1. The van der Waals surface area contributed by atoms with E-state index in [9.17, 15) is 14.4 Å². The summed E-state index contributed by atoms with van der Waals surface area (Å²) in [6.45, 7) is 0. The van der Waals surface area contributed by atoms with Crippen LogP contribution in [0, 0.1) is 0 Å². The Bertz CT molecular complexity index is 1570. The van der Waals surface area contributed by atoms with Gasteiger partial charge in [0.05, 0.1) is 12.8 Å². The van der Waals surface area contributed by atoms with Crippen LogP contribution in [-0.4, -0.2) is 24.8 Å². The van der Waals surface area contributed by atoms with Crippen molar-refractivity contribution in [2.24, 2.45) is 0 Å². The van der Waals surface area contributed by atoms with Gasteiger partial charge in [0, 0.05) is 26.3 Å². The van der Waals surface area contributed by atoms with Crippen molar-refractivity contribution in [2.75, 3.05) is 22.6 Å². The molecule has 0 saturated heterocycles. The monoisotopic (exact) mass is 599 g/mol. The number of carbonyl (C=O) groups is 3. The molecule has 0 saturated carbocycles. The molecule has 4 aromatic rings. The molecule has 0 atom stereocenters. The van der Waals surface area contributed by atoms with E-state index in [4.69, 9.17) is 4.74 Å². The van der Waals surface area contributed by atoms with E-state index in [2.05, 4.69) is 26.6 Å². The van der Waals surface area contributed by atoms with Crippen molar-refractivity contribution in [3.63, 3.8) is 0 Å². The van der Waals surface area contributed by atoms with Crippen molar-refractivity contribution < 1.29 is 19.1 Å². The van der Waals surface area contributed by atoms with Crippen LogP contribution in [0.15, 0.2) is 123 Å². The van der Waals surface area contributed by atoms with Crippen molar-refractivity contribution in [3.8, 4) is 5.75 Å². The van der Waals surface area contributed by atoms with Crippen LogP contribution in [0.25, 0.3) is 0 Å². The minimum atomic E-state index is -0.432. The van der Waals surface area contributed by atoms with Gasteiger partial charge in [0.25, 0.3) is 17.7 Å². The SMILES string of the molecule is COc1cccc(C(=O)Nc2ccc(SC3=C(Nc4ccc(Br)cc4)C(=O)N(c4ccccc4)C3=O)cc2)c1. The minimum absolute atomic E-state index is 0.201. The molecule has 1 aliphatic rings. The molecule has 4 aromatic carbocycles. The maximum absolute atomic E-state index is 13.5. The molecule has 5 rings (SSSR count). The maximum atomic E-state index is 13.5. The van der Waals surface area contributed by atoms with Crippen LogP contribution in [0.1, 0.15) is 10.4 Å². The van der Waals surface area contributed by atoms with Gasteiger partial charge in [0.15, 0.2) is 0 Å². The Balaban J connectivity index is 1.39. The molecule has 9 heteroatoms. The third-order valence-corrected chi connectivity index (χ3v) is 7.45. The van der Waals surface area contributed by atoms with E-state index in [1.807, 2.05) is 30.3 Å². The number of para-hydroxylation sites is 1. The fourth-order valence-electron chi connectivity index (χ4n) is 3.90. The first-order valence-electron chi connectivity index (χ1n) is 11.9. The first-order chi connectivity index (χ1) is 18.9. The standard InChI is InChI=1S/C30H22BrN3O4S/c1-38-24-9-5-6-19(18-24)28(35)33-22-14-16-25(17-15-22)39-27-26(32-21-12-10-20(31)11-13-21)29(36)34(30(27)37)23-7-3-2-4-8-23/h2-18,32H,1H3,(H,33,35). The molecule has 0 spiro atoms. The minimum Gasteiger partial charge on any atom is -0.497 e. The topological polar surface area (TPSA) is 87.7 Å². The van der Waals surface area contributed by atoms with E-state index in [0.29, 0.717) is 28.4 Å². The van der Waals surface area contributed by atoms with Crippen molar-refractivity contribution in [2.45, 2.75) is 4.90 Å². The average Bonchev–Trinajstić information content (AvgIpc) is 3.19. The summed E-state index contributed by atoms with van der Waals surface area (Å²) in [7, 11) is 1.55. The Morgan fingerprint density at radius 3 is 2.21 bits per heavy atom.